The highest BCUT2D eigenvalue weighted by Gasteiger charge is 2.22. The number of carbonyl (C=O) groups is 2. The number of Topliss-reactive ketones (excluding diaryl/α,β-unsaturated/α-hetero) is 1. The number of hydrogen-bond donors (Lipinski definition) is 1. The Bertz CT molecular complexity index is 1360. The molecule has 10 heteroatoms. The summed E-state index contributed by atoms with van der Waals surface area (Å²) in [5, 5.41) is 0.275. The van der Waals surface area contributed by atoms with Crippen LogP contribution < -0.4 is 4.72 Å². The minimum Gasteiger partial charge on any atom is -0.454 e. The van der Waals surface area contributed by atoms with Gasteiger partial charge in [0.15, 0.2) is 12.4 Å². The van der Waals surface area contributed by atoms with Gasteiger partial charge in [-0.25, -0.2) is 13.2 Å². The Morgan fingerprint density at radius 3 is 2.21 bits per heavy atom. The minimum atomic E-state index is -4.22. The van der Waals surface area contributed by atoms with Crippen molar-refractivity contribution in [1.82, 2.24) is 0 Å². The van der Waals surface area contributed by atoms with E-state index in [1.54, 1.807) is 18.2 Å². The Hall–Kier alpha value is -2.58. The first-order chi connectivity index (χ1) is 15.5. The molecule has 3 rings (SSSR count). The van der Waals surface area contributed by atoms with E-state index in [0.717, 1.165) is 17.2 Å². The molecule has 3 aromatic carbocycles. The van der Waals surface area contributed by atoms with Gasteiger partial charge in [0.2, 0.25) is 0 Å². The summed E-state index contributed by atoms with van der Waals surface area (Å²) in [4.78, 5) is 24.5. The Labute approximate surface area is 206 Å². The maximum Gasteiger partial charge on any atom is 0.338 e. The minimum absolute atomic E-state index is 0.0483. The van der Waals surface area contributed by atoms with Crippen LogP contribution in [0.4, 0.5) is 5.69 Å². The van der Waals surface area contributed by atoms with Crippen molar-refractivity contribution in [3.63, 3.8) is 0 Å². The fourth-order valence-corrected chi connectivity index (χ4v) is 4.81. The number of aryl methyl sites for hydroxylation is 2. The van der Waals surface area contributed by atoms with Crippen LogP contribution in [0, 0.1) is 13.8 Å². The zero-order valence-corrected chi connectivity index (χ0v) is 20.6. The van der Waals surface area contributed by atoms with Gasteiger partial charge in [-0.15, -0.1) is 0 Å². The van der Waals surface area contributed by atoms with Crippen LogP contribution in [0.25, 0.3) is 0 Å². The van der Waals surface area contributed by atoms with Crippen LogP contribution in [0.2, 0.25) is 15.1 Å². The summed E-state index contributed by atoms with van der Waals surface area (Å²) in [6.07, 6.45) is 0. The SMILES string of the molecule is Cc1ccc(C(=O)COC(=O)c2ccc(Cl)c(S(=O)(=O)Nc3cc(Cl)ccc3Cl)c2)cc1C. The summed E-state index contributed by atoms with van der Waals surface area (Å²) in [6.45, 7) is 3.30. The molecule has 6 nitrogen and oxygen atoms in total. The van der Waals surface area contributed by atoms with Crippen LogP contribution in [-0.2, 0) is 14.8 Å². The number of carbonyl (C=O) groups excluding carboxylic acids is 2. The zero-order valence-electron chi connectivity index (χ0n) is 17.5. The van der Waals surface area contributed by atoms with Crippen molar-refractivity contribution in [2.75, 3.05) is 11.3 Å². The average molecular weight is 527 g/mol. The summed E-state index contributed by atoms with van der Waals surface area (Å²) in [5.74, 6) is -1.26. The number of benzene rings is 3. The van der Waals surface area contributed by atoms with E-state index < -0.39 is 22.6 Å². The zero-order chi connectivity index (χ0) is 24.3. The van der Waals surface area contributed by atoms with Crippen molar-refractivity contribution in [1.29, 1.82) is 0 Å². The van der Waals surface area contributed by atoms with E-state index in [0.29, 0.717) is 5.56 Å². The van der Waals surface area contributed by atoms with Crippen molar-refractivity contribution < 1.29 is 22.7 Å². The molecule has 33 heavy (non-hydrogen) atoms. The largest absolute Gasteiger partial charge is 0.454 e. The van der Waals surface area contributed by atoms with Crippen molar-refractivity contribution in [2.24, 2.45) is 0 Å². The number of rotatable bonds is 7. The maximum atomic E-state index is 12.9. The summed E-state index contributed by atoms with van der Waals surface area (Å²) < 4.78 is 33.1. The number of anilines is 1. The van der Waals surface area contributed by atoms with Crippen LogP contribution in [0.5, 0.6) is 0 Å². The molecule has 0 bridgehead atoms. The lowest BCUT2D eigenvalue weighted by Gasteiger charge is -2.12. The van der Waals surface area contributed by atoms with Gasteiger partial charge in [-0.1, -0.05) is 46.9 Å². The highest BCUT2D eigenvalue weighted by molar-refractivity contribution is 7.92. The number of ketones is 1. The van der Waals surface area contributed by atoms with Crippen LogP contribution in [0.3, 0.4) is 0 Å². The molecule has 0 aliphatic rings. The van der Waals surface area contributed by atoms with Gasteiger partial charge in [0.25, 0.3) is 10.0 Å². The summed E-state index contributed by atoms with van der Waals surface area (Å²) in [5.41, 5.74) is 2.34. The monoisotopic (exact) mass is 525 g/mol. The van der Waals surface area contributed by atoms with Gasteiger partial charge < -0.3 is 4.74 Å². The molecule has 0 unspecified atom stereocenters. The van der Waals surface area contributed by atoms with Gasteiger partial charge in [-0.3, -0.25) is 9.52 Å². The molecule has 0 fully saturated rings. The van der Waals surface area contributed by atoms with Crippen LogP contribution in [0.1, 0.15) is 31.8 Å². The van der Waals surface area contributed by atoms with Crippen LogP contribution >= 0.6 is 34.8 Å². The van der Waals surface area contributed by atoms with Gasteiger partial charge in [-0.05, 0) is 67.4 Å². The van der Waals surface area contributed by atoms with Crippen molar-refractivity contribution in [3.05, 3.63) is 91.9 Å². The first-order valence-electron chi connectivity index (χ1n) is 9.53. The molecular weight excluding hydrogens is 509 g/mol. The molecule has 0 saturated carbocycles. The molecule has 0 aliphatic heterocycles. The molecule has 1 N–H and O–H groups in total. The summed E-state index contributed by atoms with van der Waals surface area (Å²) in [6, 6.07) is 13.1. The third-order valence-corrected chi connectivity index (χ3v) is 7.20. The van der Waals surface area contributed by atoms with Crippen molar-refractivity contribution >= 4 is 62.3 Å². The van der Waals surface area contributed by atoms with Crippen LogP contribution in [-0.4, -0.2) is 26.8 Å². The summed E-state index contributed by atoms with van der Waals surface area (Å²) in [7, 11) is -4.22. The topological polar surface area (TPSA) is 89.5 Å². The number of halogens is 3. The van der Waals surface area contributed by atoms with Crippen LogP contribution in [0.15, 0.2) is 59.5 Å². The Morgan fingerprint density at radius 1 is 0.848 bits per heavy atom. The second-order valence-electron chi connectivity index (χ2n) is 7.17. The molecule has 0 heterocycles. The third-order valence-electron chi connectivity index (χ3n) is 4.79. The lowest BCUT2D eigenvalue weighted by molar-refractivity contribution is 0.0474. The van der Waals surface area contributed by atoms with Gasteiger partial charge in [-0.2, -0.15) is 0 Å². The molecule has 3 aromatic rings. The quantitative estimate of drug-likeness (QED) is 0.297. The standard InChI is InChI=1S/C23H18Cl3NO5S/c1-13-3-4-15(9-14(13)2)21(28)12-32-23(29)16-5-7-19(26)22(10-16)33(30,31)27-20-11-17(24)6-8-18(20)25/h3-11,27H,12H2,1-2H3. The summed E-state index contributed by atoms with van der Waals surface area (Å²) >= 11 is 18.0. The van der Waals surface area contributed by atoms with E-state index in [9.17, 15) is 18.0 Å². The number of sulfonamides is 1. The Morgan fingerprint density at radius 2 is 1.52 bits per heavy atom. The smallest absolute Gasteiger partial charge is 0.338 e. The second-order valence-corrected chi connectivity index (χ2v) is 10.1. The fourth-order valence-electron chi connectivity index (χ4n) is 2.82. The first kappa shape index (κ1) is 25.1. The van der Waals surface area contributed by atoms with E-state index in [1.165, 1.54) is 30.3 Å². The molecule has 0 radical (unpaired) electrons. The number of hydrogen-bond acceptors (Lipinski definition) is 5. The molecule has 0 aliphatic carbocycles. The predicted octanol–water partition coefficient (Wildman–Crippen LogP) is 6.10. The maximum absolute atomic E-state index is 12.9. The molecule has 0 aromatic heterocycles. The average Bonchev–Trinajstić information content (AvgIpc) is 2.76. The van der Waals surface area contributed by atoms with Gasteiger partial charge in [0.1, 0.15) is 4.90 Å². The lowest BCUT2D eigenvalue weighted by atomic mass is 10.0. The molecule has 0 atom stereocenters. The van der Waals surface area contributed by atoms with Crippen molar-refractivity contribution in [3.8, 4) is 0 Å². The molecule has 0 saturated heterocycles. The first-order valence-corrected chi connectivity index (χ1v) is 12.1. The van der Waals surface area contributed by atoms with Crippen molar-refractivity contribution in [2.45, 2.75) is 18.7 Å². The number of ether oxygens (including phenoxy) is 1. The van der Waals surface area contributed by atoms with Gasteiger partial charge in [0.05, 0.1) is 21.3 Å². The predicted molar refractivity (Wildman–Crippen MR) is 129 cm³/mol. The number of nitrogens with one attached hydrogen (secondary N) is 1. The fraction of sp³-hybridized carbons (Fsp3) is 0.130. The van der Waals surface area contributed by atoms with E-state index >= 15 is 0 Å². The molecular formula is C23H18Cl3NO5S. The van der Waals surface area contributed by atoms with Gasteiger partial charge in [0, 0.05) is 10.6 Å². The highest BCUT2D eigenvalue weighted by Crippen LogP contribution is 2.30. The van der Waals surface area contributed by atoms with E-state index in [1.807, 2.05) is 13.8 Å². The molecule has 172 valence electrons. The lowest BCUT2D eigenvalue weighted by Crippen LogP contribution is -2.17. The van der Waals surface area contributed by atoms with Gasteiger partial charge >= 0.3 is 5.97 Å². The van der Waals surface area contributed by atoms with E-state index in [2.05, 4.69) is 4.72 Å². The third kappa shape index (κ3) is 6.06. The second kappa shape index (κ2) is 10.1. The highest BCUT2D eigenvalue weighted by atomic mass is 35.5. The van der Waals surface area contributed by atoms with E-state index in [-0.39, 0.29) is 37.0 Å². The van der Waals surface area contributed by atoms with E-state index in [4.69, 9.17) is 39.5 Å². The Balaban J connectivity index is 1.78. The Kier molecular flexibility index (Phi) is 7.69. The molecule has 0 spiro atoms. The number of esters is 1. The molecule has 0 amide bonds. The normalized spacial score (nSPS) is 11.2.